The Kier molecular flexibility index (Phi) is 6.11. The number of carbonyl (C=O) groups excluding carboxylic acids is 2. The summed E-state index contributed by atoms with van der Waals surface area (Å²) in [5.41, 5.74) is 0.317. The van der Waals surface area contributed by atoms with Gasteiger partial charge in [0.05, 0.1) is 12.6 Å². The van der Waals surface area contributed by atoms with E-state index in [4.69, 9.17) is 9.47 Å². The van der Waals surface area contributed by atoms with Gasteiger partial charge in [-0.3, -0.25) is 9.69 Å². The molecule has 25 heavy (non-hydrogen) atoms. The van der Waals surface area contributed by atoms with E-state index in [0.29, 0.717) is 6.42 Å². The van der Waals surface area contributed by atoms with Crippen LogP contribution in [0.2, 0.25) is 0 Å². The molecule has 1 aliphatic rings. The number of amides is 1. The van der Waals surface area contributed by atoms with Crippen molar-refractivity contribution < 1.29 is 24.2 Å². The molecule has 6 nitrogen and oxygen atoms in total. The van der Waals surface area contributed by atoms with Crippen molar-refractivity contribution in [3.63, 3.8) is 0 Å². The van der Waals surface area contributed by atoms with Crippen LogP contribution in [0.15, 0.2) is 28.7 Å². The summed E-state index contributed by atoms with van der Waals surface area (Å²) >= 11 is 3.39. The lowest BCUT2D eigenvalue weighted by Gasteiger charge is -2.30. The number of aliphatic hydroxyl groups is 1. The second kappa shape index (κ2) is 7.74. The molecule has 1 aromatic carbocycles. The number of ether oxygens (including phenoxy) is 2. The van der Waals surface area contributed by atoms with Crippen LogP contribution in [0.25, 0.3) is 0 Å². The van der Waals surface area contributed by atoms with E-state index in [1.54, 1.807) is 20.8 Å². The van der Waals surface area contributed by atoms with Crippen molar-refractivity contribution in [3.8, 4) is 0 Å². The van der Waals surface area contributed by atoms with Crippen LogP contribution in [0.4, 0.5) is 4.79 Å². The standard InChI is InChI=1S/C18H24BrNO5/c1-11(21)24-16-14(9-12-5-7-13(19)8-6-12)20(10-15(16)22)17(23)25-18(2,3)4/h5-8,14-16,22H,9-10H2,1-4H3/t14-,15+,16+/m1/s1. The molecule has 138 valence electrons. The van der Waals surface area contributed by atoms with Gasteiger partial charge in [0.1, 0.15) is 17.8 Å². The van der Waals surface area contributed by atoms with Gasteiger partial charge in [-0.05, 0) is 44.9 Å². The molecule has 1 aromatic rings. The summed E-state index contributed by atoms with van der Waals surface area (Å²) < 4.78 is 11.7. The first-order valence-corrected chi connectivity index (χ1v) is 8.95. The third-order valence-electron chi connectivity index (χ3n) is 3.83. The Morgan fingerprint density at radius 3 is 2.40 bits per heavy atom. The highest BCUT2D eigenvalue weighted by Crippen LogP contribution is 2.27. The monoisotopic (exact) mass is 413 g/mol. The summed E-state index contributed by atoms with van der Waals surface area (Å²) in [6.45, 7) is 6.70. The molecular weight excluding hydrogens is 390 g/mol. The zero-order valence-corrected chi connectivity index (χ0v) is 16.4. The maximum Gasteiger partial charge on any atom is 0.410 e. The molecule has 1 heterocycles. The van der Waals surface area contributed by atoms with Gasteiger partial charge in [0.2, 0.25) is 0 Å². The molecule has 3 atom stereocenters. The predicted octanol–water partition coefficient (Wildman–Crippen LogP) is 2.90. The van der Waals surface area contributed by atoms with Crippen LogP contribution in [0, 0.1) is 0 Å². The first kappa shape index (κ1) is 19.7. The van der Waals surface area contributed by atoms with E-state index < -0.39 is 35.9 Å². The fourth-order valence-electron chi connectivity index (χ4n) is 2.84. The average molecular weight is 414 g/mol. The third kappa shape index (κ3) is 5.44. The van der Waals surface area contributed by atoms with Gasteiger partial charge in [-0.15, -0.1) is 0 Å². The lowest BCUT2D eigenvalue weighted by molar-refractivity contribution is -0.151. The quantitative estimate of drug-likeness (QED) is 0.770. The Morgan fingerprint density at radius 1 is 1.28 bits per heavy atom. The number of hydrogen-bond donors (Lipinski definition) is 1. The molecule has 0 saturated carbocycles. The first-order valence-electron chi connectivity index (χ1n) is 8.16. The second-order valence-corrected chi connectivity index (χ2v) is 8.09. The minimum Gasteiger partial charge on any atom is -0.457 e. The van der Waals surface area contributed by atoms with Crippen LogP contribution >= 0.6 is 15.9 Å². The summed E-state index contributed by atoms with van der Waals surface area (Å²) in [5.74, 6) is -0.490. The number of carbonyl (C=O) groups is 2. The number of halogens is 1. The van der Waals surface area contributed by atoms with Gasteiger partial charge in [0, 0.05) is 11.4 Å². The van der Waals surface area contributed by atoms with E-state index in [1.165, 1.54) is 11.8 Å². The summed E-state index contributed by atoms with van der Waals surface area (Å²) in [4.78, 5) is 25.4. The van der Waals surface area contributed by atoms with Crippen LogP contribution in [-0.2, 0) is 20.7 Å². The summed E-state index contributed by atoms with van der Waals surface area (Å²) in [6, 6.07) is 7.16. The number of nitrogens with zero attached hydrogens (tertiary/aromatic N) is 1. The molecule has 1 saturated heterocycles. The van der Waals surface area contributed by atoms with E-state index in [1.807, 2.05) is 24.3 Å². The molecule has 0 aromatic heterocycles. The topological polar surface area (TPSA) is 76.1 Å². The molecule has 1 aliphatic heterocycles. The minimum atomic E-state index is -0.947. The smallest absolute Gasteiger partial charge is 0.410 e. The predicted molar refractivity (Wildman–Crippen MR) is 96.1 cm³/mol. The number of esters is 1. The number of aliphatic hydroxyl groups excluding tert-OH is 1. The summed E-state index contributed by atoms with van der Waals surface area (Å²) in [6.07, 6.45) is -1.81. The van der Waals surface area contributed by atoms with E-state index in [2.05, 4.69) is 15.9 Å². The Balaban J connectivity index is 2.25. The Bertz CT molecular complexity index is 625. The lowest BCUT2D eigenvalue weighted by atomic mass is 10.0. The summed E-state index contributed by atoms with van der Waals surface area (Å²) in [7, 11) is 0. The van der Waals surface area contributed by atoms with Crippen LogP contribution in [0.1, 0.15) is 33.3 Å². The van der Waals surface area contributed by atoms with Crippen molar-refractivity contribution >= 4 is 28.0 Å². The summed E-state index contributed by atoms with van der Waals surface area (Å²) in [5, 5.41) is 10.3. The third-order valence-corrected chi connectivity index (χ3v) is 4.36. The SMILES string of the molecule is CC(=O)O[C@H]1[C@@H](Cc2ccc(Br)cc2)N(C(=O)OC(C)(C)C)C[C@@H]1O. The Hall–Kier alpha value is -1.60. The number of hydrogen-bond acceptors (Lipinski definition) is 5. The van der Waals surface area contributed by atoms with Gasteiger partial charge >= 0.3 is 12.1 Å². The van der Waals surface area contributed by atoms with Gasteiger partial charge in [0.25, 0.3) is 0 Å². The molecule has 7 heteroatoms. The molecule has 2 rings (SSSR count). The highest BCUT2D eigenvalue weighted by molar-refractivity contribution is 9.10. The maximum absolute atomic E-state index is 12.5. The van der Waals surface area contributed by atoms with Gasteiger partial charge in [-0.25, -0.2) is 4.79 Å². The lowest BCUT2D eigenvalue weighted by Crippen LogP contribution is -2.45. The highest BCUT2D eigenvalue weighted by atomic mass is 79.9. The first-order chi connectivity index (χ1) is 11.6. The van der Waals surface area contributed by atoms with Crippen molar-refractivity contribution in [2.24, 2.45) is 0 Å². The zero-order chi connectivity index (χ0) is 18.8. The number of β-amino-alcohol motifs (C(OH)–C–C–N with tert-alkyl or cyclic N) is 1. The molecule has 0 bridgehead atoms. The van der Waals surface area contributed by atoms with Crippen LogP contribution in [0.3, 0.4) is 0 Å². The Labute approximate surface area is 156 Å². The molecule has 0 radical (unpaired) electrons. The van der Waals surface area contributed by atoms with Crippen LogP contribution in [-0.4, -0.2) is 52.5 Å². The highest BCUT2D eigenvalue weighted by Gasteiger charge is 2.46. The molecule has 1 N–H and O–H groups in total. The zero-order valence-electron chi connectivity index (χ0n) is 14.9. The van der Waals surface area contributed by atoms with Crippen molar-refractivity contribution in [3.05, 3.63) is 34.3 Å². The Morgan fingerprint density at radius 2 is 1.88 bits per heavy atom. The fraction of sp³-hybridized carbons (Fsp3) is 0.556. The van der Waals surface area contributed by atoms with Crippen LogP contribution < -0.4 is 0 Å². The van der Waals surface area contributed by atoms with Crippen molar-refractivity contribution in [1.82, 2.24) is 4.90 Å². The fourth-order valence-corrected chi connectivity index (χ4v) is 3.11. The van der Waals surface area contributed by atoms with E-state index in [-0.39, 0.29) is 6.54 Å². The number of likely N-dealkylation sites (tertiary alicyclic amines) is 1. The molecule has 1 fully saturated rings. The molecule has 0 aliphatic carbocycles. The molecule has 1 amide bonds. The molecule has 0 spiro atoms. The van der Waals surface area contributed by atoms with Crippen molar-refractivity contribution in [2.45, 2.75) is 58.0 Å². The largest absolute Gasteiger partial charge is 0.457 e. The van der Waals surface area contributed by atoms with E-state index in [0.717, 1.165) is 10.0 Å². The normalized spacial score (nSPS) is 23.4. The van der Waals surface area contributed by atoms with E-state index in [9.17, 15) is 14.7 Å². The average Bonchev–Trinajstić information content (AvgIpc) is 2.76. The second-order valence-electron chi connectivity index (χ2n) is 7.17. The van der Waals surface area contributed by atoms with Crippen LogP contribution in [0.5, 0.6) is 0 Å². The van der Waals surface area contributed by atoms with Gasteiger partial charge in [-0.1, -0.05) is 28.1 Å². The van der Waals surface area contributed by atoms with Gasteiger partial charge in [-0.2, -0.15) is 0 Å². The van der Waals surface area contributed by atoms with E-state index >= 15 is 0 Å². The maximum atomic E-state index is 12.5. The van der Waals surface area contributed by atoms with Gasteiger partial charge < -0.3 is 14.6 Å². The van der Waals surface area contributed by atoms with Crippen molar-refractivity contribution in [1.29, 1.82) is 0 Å². The van der Waals surface area contributed by atoms with Gasteiger partial charge in [0.15, 0.2) is 0 Å². The molecular formula is C18H24BrNO5. The molecule has 0 unspecified atom stereocenters. The number of rotatable bonds is 3. The number of benzene rings is 1. The minimum absolute atomic E-state index is 0.0635. The van der Waals surface area contributed by atoms with Crippen molar-refractivity contribution in [2.75, 3.05) is 6.54 Å².